The number of carbonyl (C=O) groups excluding carboxylic acids is 1. The van der Waals surface area contributed by atoms with Crippen molar-refractivity contribution in [1.82, 2.24) is 0 Å². The molecule has 2 heterocycles. The number of aryl methyl sites for hydroxylation is 2. The largest absolute Gasteiger partial charge is 0.508 e. The molecule has 2 aromatic rings. The number of fused-ring (bicyclic) bond motifs is 2. The van der Waals surface area contributed by atoms with Gasteiger partial charge in [-0.3, -0.25) is 4.79 Å². The van der Waals surface area contributed by atoms with Crippen LogP contribution in [0.2, 0.25) is 5.02 Å². The highest BCUT2D eigenvalue weighted by atomic mass is 35.5. The maximum atomic E-state index is 12.9. The molecule has 2 aliphatic rings. The second-order valence-electron chi connectivity index (χ2n) is 7.65. The minimum absolute atomic E-state index is 0.0753. The van der Waals surface area contributed by atoms with Gasteiger partial charge in [-0.1, -0.05) is 42.8 Å². The van der Waals surface area contributed by atoms with Crippen LogP contribution in [0.4, 0.5) is 0 Å². The topological polar surface area (TPSA) is 46.5 Å². The van der Waals surface area contributed by atoms with Crippen LogP contribution in [0.5, 0.6) is 0 Å². The Hall–Kier alpha value is -2.10. The highest BCUT2D eigenvalue weighted by molar-refractivity contribution is 6.30. The fourth-order valence-electron chi connectivity index (χ4n) is 4.25. The first kappa shape index (κ1) is 18.3. The predicted octanol–water partition coefficient (Wildman–Crippen LogP) is 5.67. The van der Waals surface area contributed by atoms with Gasteiger partial charge >= 0.3 is 0 Å². The lowest BCUT2D eigenvalue weighted by Gasteiger charge is -2.31. The van der Waals surface area contributed by atoms with Gasteiger partial charge in [-0.15, -0.1) is 0 Å². The summed E-state index contributed by atoms with van der Waals surface area (Å²) in [5.41, 5.74) is 4.85. The smallest absolute Gasteiger partial charge is 0.195 e. The number of Topliss-reactive ketones (excluding diaryl/α,β-unsaturated/α-hetero) is 1. The summed E-state index contributed by atoms with van der Waals surface area (Å²) in [4.78, 5) is 12.9. The SMILES string of the molecule is CCc1cc(-c2ccc(Cl)cc2C)ccc1C1=C(O)C2(C)CCC(O2)C1=O. The van der Waals surface area contributed by atoms with Gasteiger partial charge in [-0.2, -0.15) is 0 Å². The highest BCUT2D eigenvalue weighted by Gasteiger charge is 2.50. The van der Waals surface area contributed by atoms with Gasteiger partial charge in [0.15, 0.2) is 5.78 Å². The van der Waals surface area contributed by atoms with Crippen LogP contribution in [-0.4, -0.2) is 22.6 Å². The second kappa shape index (κ2) is 6.50. The molecule has 1 N–H and O–H groups in total. The van der Waals surface area contributed by atoms with Crippen molar-refractivity contribution in [2.24, 2.45) is 0 Å². The Balaban J connectivity index is 1.84. The molecular weight excluding hydrogens is 360 g/mol. The summed E-state index contributed by atoms with van der Waals surface area (Å²) >= 11 is 6.08. The van der Waals surface area contributed by atoms with E-state index in [9.17, 15) is 9.90 Å². The van der Waals surface area contributed by atoms with Gasteiger partial charge in [-0.05, 0) is 73.1 Å². The Kier molecular flexibility index (Phi) is 4.40. The maximum Gasteiger partial charge on any atom is 0.195 e. The fourth-order valence-corrected chi connectivity index (χ4v) is 4.47. The quantitative estimate of drug-likeness (QED) is 0.744. The van der Waals surface area contributed by atoms with E-state index in [1.54, 1.807) is 0 Å². The van der Waals surface area contributed by atoms with Crippen LogP contribution in [-0.2, 0) is 16.0 Å². The van der Waals surface area contributed by atoms with Crippen LogP contribution in [0.15, 0.2) is 42.2 Å². The zero-order valence-corrected chi connectivity index (χ0v) is 16.6. The van der Waals surface area contributed by atoms with Crippen LogP contribution >= 0.6 is 11.6 Å². The molecule has 4 rings (SSSR count). The molecule has 2 aliphatic heterocycles. The van der Waals surface area contributed by atoms with Gasteiger partial charge in [0.2, 0.25) is 0 Å². The Bertz CT molecular complexity index is 976. The van der Waals surface area contributed by atoms with Crippen LogP contribution in [0.25, 0.3) is 16.7 Å². The van der Waals surface area contributed by atoms with Crippen LogP contribution < -0.4 is 0 Å². The number of aliphatic hydroxyl groups excluding tert-OH is 1. The molecule has 0 amide bonds. The first-order valence-corrected chi connectivity index (χ1v) is 9.77. The molecule has 1 fully saturated rings. The van der Waals surface area contributed by atoms with E-state index in [1.165, 1.54) is 0 Å². The molecule has 27 heavy (non-hydrogen) atoms. The fraction of sp³-hybridized carbons (Fsp3) is 0.348. The van der Waals surface area contributed by atoms with Crippen molar-refractivity contribution < 1.29 is 14.6 Å². The third-order valence-corrected chi connectivity index (χ3v) is 6.05. The Morgan fingerprint density at radius 2 is 1.96 bits per heavy atom. The molecule has 2 atom stereocenters. The average molecular weight is 383 g/mol. The van der Waals surface area contributed by atoms with Gasteiger partial charge in [-0.25, -0.2) is 0 Å². The molecule has 2 bridgehead atoms. The molecule has 0 aromatic heterocycles. The summed E-state index contributed by atoms with van der Waals surface area (Å²) in [6.07, 6.45) is 1.65. The van der Waals surface area contributed by atoms with Crippen LogP contribution in [0, 0.1) is 6.92 Å². The van der Waals surface area contributed by atoms with E-state index >= 15 is 0 Å². The van der Waals surface area contributed by atoms with Crippen molar-refractivity contribution in [3.8, 4) is 11.1 Å². The maximum absolute atomic E-state index is 12.9. The number of benzene rings is 2. The number of ether oxygens (including phenoxy) is 1. The lowest BCUT2D eigenvalue weighted by atomic mass is 9.86. The summed E-state index contributed by atoms with van der Waals surface area (Å²) in [6, 6.07) is 11.9. The van der Waals surface area contributed by atoms with Gasteiger partial charge in [0.1, 0.15) is 17.5 Å². The molecule has 2 aromatic carbocycles. The third kappa shape index (κ3) is 2.90. The summed E-state index contributed by atoms with van der Waals surface area (Å²) < 4.78 is 5.78. The molecule has 0 radical (unpaired) electrons. The first-order chi connectivity index (χ1) is 12.8. The van der Waals surface area contributed by atoms with Crippen molar-refractivity contribution in [3.63, 3.8) is 0 Å². The lowest BCUT2D eigenvalue weighted by Crippen LogP contribution is -2.37. The number of hydrogen-bond donors (Lipinski definition) is 1. The minimum atomic E-state index is -0.746. The summed E-state index contributed by atoms with van der Waals surface area (Å²) in [6.45, 7) is 5.97. The molecule has 0 saturated carbocycles. The molecule has 2 unspecified atom stereocenters. The van der Waals surface area contributed by atoms with Crippen molar-refractivity contribution in [2.45, 2.75) is 51.7 Å². The van der Waals surface area contributed by atoms with Crippen molar-refractivity contribution >= 4 is 23.0 Å². The minimum Gasteiger partial charge on any atom is -0.508 e. The van der Waals surface area contributed by atoms with E-state index in [4.69, 9.17) is 16.3 Å². The van der Waals surface area contributed by atoms with Gasteiger partial charge in [0.05, 0.1) is 5.57 Å². The number of halogens is 1. The number of ketones is 1. The van der Waals surface area contributed by atoms with Gasteiger partial charge < -0.3 is 9.84 Å². The molecule has 0 spiro atoms. The van der Waals surface area contributed by atoms with Crippen molar-refractivity contribution in [1.29, 1.82) is 0 Å². The van der Waals surface area contributed by atoms with Crippen LogP contribution in [0.1, 0.15) is 43.4 Å². The second-order valence-corrected chi connectivity index (χ2v) is 8.09. The zero-order valence-electron chi connectivity index (χ0n) is 15.8. The Morgan fingerprint density at radius 1 is 1.22 bits per heavy atom. The Morgan fingerprint density at radius 3 is 2.67 bits per heavy atom. The number of rotatable bonds is 3. The first-order valence-electron chi connectivity index (χ1n) is 9.39. The van der Waals surface area contributed by atoms with E-state index in [0.717, 1.165) is 39.3 Å². The molecule has 4 heteroatoms. The Labute approximate surface area is 164 Å². The van der Waals surface area contributed by atoms with Gasteiger partial charge in [0, 0.05) is 5.02 Å². The van der Waals surface area contributed by atoms with Crippen molar-refractivity contribution in [2.75, 3.05) is 0 Å². The molecule has 1 saturated heterocycles. The van der Waals surface area contributed by atoms with E-state index in [-0.39, 0.29) is 11.5 Å². The van der Waals surface area contributed by atoms with Crippen molar-refractivity contribution in [3.05, 3.63) is 63.9 Å². The number of hydrogen-bond acceptors (Lipinski definition) is 3. The third-order valence-electron chi connectivity index (χ3n) is 5.82. The molecule has 140 valence electrons. The van der Waals surface area contributed by atoms with Crippen LogP contribution in [0.3, 0.4) is 0 Å². The van der Waals surface area contributed by atoms with E-state index in [2.05, 4.69) is 13.0 Å². The average Bonchev–Trinajstić information content (AvgIpc) is 3.02. The van der Waals surface area contributed by atoms with E-state index in [0.29, 0.717) is 18.4 Å². The number of carbonyl (C=O) groups is 1. The van der Waals surface area contributed by atoms with E-state index < -0.39 is 11.7 Å². The number of aliphatic hydroxyl groups is 1. The lowest BCUT2D eigenvalue weighted by molar-refractivity contribution is -0.130. The van der Waals surface area contributed by atoms with Gasteiger partial charge in [0.25, 0.3) is 0 Å². The summed E-state index contributed by atoms with van der Waals surface area (Å²) in [5, 5.41) is 11.6. The molecular formula is C23H23ClO3. The zero-order chi connectivity index (χ0) is 19.3. The summed E-state index contributed by atoms with van der Waals surface area (Å²) in [7, 11) is 0. The highest BCUT2D eigenvalue weighted by Crippen LogP contribution is 2.45. The summed E-state index contributed by atoms with van der Waals surface area (Å²) in [5.74, 6) is -0.0287. The standard InChI is InChI=1S/C23H23ClO3/c1-4-14-12-15(17-8-6-16(24)11-13(17)2)5-7-18(14)20-21(25)19-9-10-23(3,27-19)22(20)26/h5-8,11-12,19,26H,4,9-10H2,1-3H3. The van der Waals surface area contributed by atoms with E-state index in [1.807, 2.05) is 44.2 Å². The monoisotopic (exact) mass is 382 g/mol. The normalized spacial score (nSPS) is 24.6. The molecule has 0 aliphatic carbocycles. The molecule has 3 nitrogen and oxygen atoms in total. The predicted molar refractivity (Wildman–Crippen MR) is 108 cm³/mol.